The van der Waals surface area contributed by atoms with Crippen molar-refractivity contribution in [3.05, 3.63) is 0 Å². The van der Waals surface area contributed by atoms with Gasteiger partial charge < -0.3 is 14.7 Å². The zero-order chi connectivity index (χ0) is 46.1. The van der Waals surface area contributed by atoms with E-state index < -0.39 is 0 Å². The maximum absolute atomic E-state index is 5.89. The summed E-state index contributed by atoms with van der Waals surface area (Å²) in [7, 11) is 9.34. The third-order valence-electron chi connectivity index (χ3n) is 17.7. The van der Waals surface area contributed by atoms with E-state index in [9.17, 15) is 0 Å². The van der Waals surface area contributed by atoms with Gasteiger partial charge in [-0.15, -0.1) is 0 Å². The maximum Gasteiger partial charge on any atom is 0.232 e. The Morgan fingerprint density at radius 3 is 0.820 bits per heavy atom. The van der Waals surface area contributed by atoms with Crippen LogP contribution in [-0.2, 0) is 0 Å². The molecule has 0 spiro atoms. The van der Waals surface area contributed by atoms with Gasteiger partial charge in [0.05, 0.1) is 0 Å². The Morgan fingerprint density at radius 1 is 0.377 bits per heavy atom. The van der Waals surface area contributed by atoms with Crippen molar-refractivity contribution < 1.29 is 0 Å². The van der Waals surface area contributed by atoms with Gasteiger partial charge in [-0.2, -0.15) is 15.0 Å². The number of nitrogens with zero attached hydrogens (tertiary/aromatic N) is 10. The van der Waals surface area contributed by atoms with E-state index in [4.69, 9.17) is 15.0 Å². The molecule has 10 nitrogen and oxygen atoms in total. The molecule has 0 aromatic carbocycles. The molecule has 1 aromatic heterocycles. The SMILES string of the molecule is CCCCN(c1nc(N(CCCC)C2CC(C)(C)N(C)C(C)(C)C2)nc(N(C2CC(C)(C)N(C)C(C)(C)C2)C2CC(C)(C)N(C)C(C)(C)C2)n1)C1CC(C)(C)N(C)C(C)(C)C1. The van der Waals surface area contributed by atoms with Crippen LogP contribution in [0.5, 0.6) is 0 Å². The number of piperidine rings is 4. The van der Waals surface area contributed by atoms with Gasteiger partial charge >= 0.3 is 0 Å². The van der Waals surface area contributed by atoms with Crippen molar-refractivity contribution in [1.82, 2.24) is 34.6 Å². The molecule has 0 amide bonds. The summed E-state index contributed by atoms with van der Waals surface area (Å²) in [5.74, 6) is 2.69. The fraction of sp³-hybridized carbons (Fsp3) is 0.941. The van der Waals surface area contributed by atoms with Gasteiger partial charge in [0, 0.05) is 81.6 Å². The zero-order valence-electron chi connectivity index (χ0n) is 44.2. The Labute approximate surface area is 377 Å². The van der Waals surface area contributed by atoms with Gasteiger partial charge in [-0.1, -0.05) is 26.7 Å². The molecular weight excluding hydrogens is 753 g/mol. The molecule has 5 rings (SSSR count). The van der Waals surface area contributed by atoms with Gasteiger partial charge in [0.25, 0.3) is 0 Å². The smallest absolute Gasteiger partial charge is 0.232 e. The minimum Gasteiger partial charge on any atom is -0.338 e. The van der Waals surface area contributed by atoms with E-state index >= 15 is 0 Å². The van der Waals surface area contributed by atoms with E-state index in [-0.39, 0.29) is 56.4 Å². The molecule has 0 atom stereocenters. The molecule has 352 valence electrons. The Balaban J connectivity index is 1.81. The monoisotopic (exact) mass is 851 g/mol. The van der Waals surface area contributed by atoms with Gasteiger partial charge in [-0.25, -0.2) is 0 Å². The first kappa shape index (κ1) is 50.3. The molecule has 4 aliphatic rings. The van der Waals surface area contributed by atoms with Crippen molar-refractivity contribution in [1.29, 1.82) is 0 Å². The Kier molecular flexibility index (Phi) is 14.2. The summed E-state index contributed by atoms with van der Waals surface area (Å²) in [5.41, 5.74) is 0.196. The standard InChI is InChI=1S/C51H98N10/c1-23-25-27-59(37-29-44(3,4)55(19)45(5,6)30-37)41-52-42(60(28-26-24-2)38-31-46(7,8)56(20)47(9,10)32-38)54-43(53-41)61(39-33-48(11,12)57(21)49(13,14)34-39)40-35-50(15,16)58(22)51(17,18)36-40/h37-40H,23-36H2,1-22H3. The van der Waals surface area contributed by atoms with Crippen molar-refractivity contribution in [3.8, 4) is 0 Å². The van der Waals surface area contributed by atoms with Gasteiger partial charge in [0.1, 0.15) is 0 Å². The molecule has 4 aliphatic heterocycles. The van der Waals surface area contributed by atoms with Crippen molar-refractivity contribution >= 4 is 17.8 Å². The van der Waals surface area contributed by atoms with Crippen molar-refractivity contribution in [2.75, 3.05) is 56.0 Å². The first-order chi connectivity index (χ1) is 27.7. The number of unbranched alkanes of at least 4 members (excludes halogenated alkanes) is 2. The molecule has 0 radical (unpaired) electrons. The lowest BCUT2D eigenvalue weighted by Gasteiger charge is -2.60. The van der Waals surface area contributed by atoms with Crippen LogP contribution in [0.4, 0.5) is 17.8 Å². The number of likely N-dealkylation sites (tertiary alicyclic amines) is 4. The summed E-state index contributed by atoms with van der Waals surface area (Å²) >= 11 is 0. The average molecular weight is 851 g/mol. The van der Waals surface area contributed by atoms with Gasteiger partial charge in [-0.05, 0) is 203 Å². The molecule has 0 aliphatic carbocycles. The Hall–Kier alpha value is -1.75. The largest absolute Gasteiger partial charge is 0.338 e. The Morgan fingerprint density at radius 2 is 0.590 bits per heavy atom. The molecule has 0 saturated carbocycles. The Bertz CT molecular complexity index is 1460. The van der Waals surface area contributed by atoms with Crippen LogP contribution in [-0.4, -0.2) is 144 Å². The summed E-state index contributed by atoms with van der Waals surface area (Å²) < 4.78 is 0. The molecule has 10 heteroatoms. The zero-order valence-corrected chi connectivity index (χ0v) is 44.2. The molecule has 4 fully saturated rings. The first-order valence-corrected chi connectivity index (χ1v) is 24.8. The fourth-order valence-electron chi connectivity index (χ4n) is 13.0. The average Bonchev–Trinajstić information content (AvgIpc) is 3.10. The maximum atomic E-state index is 5.89. The van der Waals surface area contributed by atoms with Crippen LogP contribution in [0, 0.1) is 0 Å². The summed E-state index contributed by atoms with van der Waals surface area (Å²) in [6, 6.07) is 1.19. The molecule has 0 unspecified atom stereocenters. The highest BCUT2D eigenvalue weighted by Gasteiger charge is 2.52. The normalized spacial score (nSPS) is 27.2. The lowest BCUT2D eigenvalue weighted by molar-refractivity contribution is -0.0314. The second-order valence-electron chi connectivity index (χ2n) is 25.7. The van der Waals surface area contributed by atoms with Gasteiger partial charge in [0.15, 0.2) is 0 Å². The van der Waals surface area contributed by atoms with Gasteiger partial charge in [-0.3, -0.25) is 19.6 Å². The van der Waals surface area contributed by atoms with E-state index in [0.29, 0.717) is 12.1 Å². The van der Waals surface area contributed by atoms with Crippen LogP contribution < -0.4 is 14.7 Å². The minimum absolute atomic E-state index is 0.0107. The quantitative estimate of drug-likeness (QED) is 0.192. The molecule has 1 aromatic rings. The van der Waals surface area contributed by atoms with E-state index in [1.807, 2.05) is 0 Å². The summed E-state index contributed by atoms with van der Waals surface area (Å²) in [4.78, 5) is 36.2. The predicted octanol–water partition coefficient (Wildman–Crippen LogP) is 10.5. The highest BCUT2D eigenvalue weighted by Crippen LogP contribution is 2.47. The van der Waals surface area contributed by atoms with Crippen molar-refractivity contribution in [2.45, 2.75) is 270 Å². The summed E-state index contributed by atoms with van der Waals surface area (Å²) in [6.07, 6.45) is 13.0. The first-order valence-electron chi connectivity index (χ1n) is 24.8. The lowest BCUT2D eigenvalue weighted by Crippen LogP contribution is -2.67. The lowest BCUT2D eigenvalue weighted by atomic mass is 9.73. The van der Waals surface area contributed by atoms with Crippen molar-refractivity contribution in [2.24, 2.45) is 0 Å². The number of rotatable bonds is 13. The molecule has 61 heavy (non-hydrogen) atoms. The number of hydrogen-bond acceptors (Lipinski definition) is 10. The third kappa shape index (κ3) is 10.2. The number of aromatic nitrogens is 3. The summed E-state index contributed by atoms with van der Waals surface area (Å²) in [6.45, 7) is 45.7. The van der Waals surface area contributed by atoms with E-state index in [2.05, 4.69) is 187 Å². The van der Waals surface area contributed by atoms with Crippen LogP contribution >= 0.6 is 0 Å². The van der Waals surface area contributed by atoms with Crippen LogP contribution in [0.25, 0.3) is 0 Å². The molecule has 4 saturated heterocycles. The second-order valence-corrected chi connectivity index (χ2v) is 25.7. The van der Waals surface area contributed by atoms with E-state index in [1.165, 1.54) is 0 Å². The highest BCUT2D eigenvalue weighted by atomic mass is 15.4. The number of hydrogen-bond donors (Lipinski definition) is 0. The van der Waals surface area contributed by atoms with Crippen molar-refractivity contribution in [3.63, 3.8) is 0 Å². The predicted molar refractivity (Wildman–Crippen MR) is 263 cm³/mol. The topological polar surface area (TPSA) is 61.4 Å². The van der Waals surface area contributed by atoms with Crippen LogP contribution in [0.2, 0.25) is 0 Å². The third-order valence-corrected chi connectivity index (χ3v) is 17.7. The number of anilines is 3. The summed E-state index contributed by atoms with van der Waals surface area (Å²) in [5, 5.41) is 0. The minimum atomic E-state index is 0.0107. The van der Waals surface area contributed by atoms with E-state index in [0.717, 1.165) is 108 Å². The fourth-order valence-corrected chi connectivity index (χ4v) is 13.0. The van der Waals surface area contributed by atoms with E-state index in [1.54, 1.807) is 0 Å². The molecule has 0 N–H and O–H groups in total. The molecule has 5 heterocycles. The van der Waals surface area contributed by atoms with Crippen LogP contribution in [0.15, 0.2) is 0 Å². The second kappa shape index (κ2) is 17.2. The molecular formula is C51H98N10. The van der Waals surface area contributed by atoms with Gasteiger partial charge in [0.2, 0.25) is 17.8 Å². The highest BCUT2D eigenvalue weighted by molar-refractivity contribution is 5.50. The van der Waals surface area contributed by atoms with Crippen LogP contribution in [0.3, 0.4) is 0 Å². The van der Waals surface area contributed by atoms with Crippen LogP contribution in [0.1, 0.15) is 202 Å². The molecule has 0 bridgehead atoms.